The molecule has 0 spiro atoms. The van der Waals surface area contributed by atoms with E-state index in [0.717, 1.165) is 12.8 Å². The number of rotatable bonds is 5. The highest BCUT2D eigenvalue weighted by atomic mass is 16.1. The third-order valence-corrected chi connectivity index (χ3v) is 1.96. The molecule has 0 heterocycles. The van der Waals surface area contributed by atoms with E-state index in [9.17, 15) is 4.79 Å². The molecule has 1 aromatic carbocycles. The summed E-state index contributed by atoms with van der Waals surface area (Å²) in [6.07, 6.45) is 3.89. The minimum atomic E-state index is 0.135. The minimum Gasteiger partial charge on any atom is -0.295 e. The van der Waals surface area contributed by atoms with Gasteiger partial charge in [0.05, 0.1) is 0 Å². The fourth-order valence-electron chi connectivity index (χ4n) is 1.21. The Bertz CT molecular complexity index is 275. The Morgan fingerprint density at radius 2 is 1.65 bits per heavy atom. The second-order valence-corrected chi connectivity index (χ2v) is 3.01. The van der Waals surface area contributed by atoms with E-state index in [-0.39, 0.29) is 5.78 Å². The Morgan fingerprint density at radius 1 is 1.12 bits per heavy atom. The number of carbonyl (C=O) groups is 1. The molecule has 0 aliphatic rings. The van der Waals surface area contributed by atoms with Crippen LogP contribution in [0.25, 0.3) is 0 Å². The summed E-state index contributed by atoms with van der Waals surface area (Å²) in [6, 6.07) is 10.2. The molecule has 0 amide bonds. The van der Waals surface area contributed by atoms with E-state index < -0.39 is 0 Å². The summed E-state index contributed by atoms with van der Waals surface area (Å²) in [5, 5.41) is 0. The van der Waals surface area contributed by atoms with Crippen LogP contribution in [0.1, 0.15) is 46.1 Å². The molecule has 1 heteroatoms. The molecule has 96 valence electrons. The number of carbonyl (C=O) groups excluding carboxylic acids is 1. The van der Waals surface area contributed by atoms with Gasteiger partial charge in [0.1, 0.15) is 0 Å². The topological polar surface area (TPSA) is 17.1 Å². The lowest BCUT2D eigenvalue weighted by Crippen LogP contribution is -1.93. The first kappa shape index (κ1) is 18.0. The average Bonchev–Trinajstić information content (AvgIpc) is 2.44. The number of benzene rings is 1. The van der Waals surface area contributed by atoms with E-state index in [2.05, 4.69) is 18.7 Å². The molecule has 0 saturated heterocycles. The zero-order chi connectivity index (χ0) is 13.5. The second-order valence-electron chi connectivity index (χ2n) is 3.01. The van der Waals surface area contributed by atoms with E-state index in [1.807, 2.05) is 45.9 Å². The van der Waals surface area contributed by atoms with Crippen LogP contribution in [0.2, 0.25) is 0 Å². The lowest BCUT2D eigenvalue weighted by atomic mass is 10.1. The molecule has 0 aliphatic carbocycles. The first-order valence-corrected chi connectivity index (χ1v) is 6.52. The molecule has 0 atom stereocenters. The van der Waals surface area contributed by atoms with Gasteiger partial charge in [-0.2, -0.15) is 0 Å². The average molecular weight is 234 g/mol. The highest BCUT2D eigenvalue weighted by Gasteiger charge is 1.96. The highest BCUT2D eigenvalue weighted by Crippen LogP contribution is 2.04. The first-order valence-electron chi connectivity index (χ1n) is 6.52. The van der Waals surface area contributed by atoms with Gasteiger partial charge in [0.15, 0.2) is 5.78 Å². The Morgan fingerprint density at radius 3 is 2.12 bits per heavy atom. The van der Waals surface area contributed by atoms with Gasteiger partial charge in [-0.15, -0.1) is 0 Å². The summed E-state index contributed by atoms with van der Waals surface area (Å²) >= 11 is 0. The molecule has 1 aromatic rings. The quantitative estimate of drug-likeness (QED) is 0.668. The van der Waals surface area contributed by atoms with E-state index in [1.54, 1.807) is 0 Å². The second kappa shape index (κ2) is 14.6. The molecule has 1 nitrogen and oxygen atoms in total. The predicted molar refractivity (Wildman–Crippen MR) is 77.3 cm³/mol. The lowest BCUT2D eigenvalue weighted by molar-refractivity contribution is -0.114. The number of ketones is 1. The lowest BCUT2D eigenvalue weighted by Gasteiger charge is -1.98. The van der Waals surface area contributed by atoms with E-state index >= 15 is 0 Å². The summed E-state index contributed by atoms with van der Waals surface area (Å²) in [5.74, 6) is 0.135. The van der Waals surface area contributed by atoms with Gasteiger partial charge in [-0.25, -0.2) is 0 Å². The van der Waals surface area contributed by atoms with Gasteiger partial charge in [-0.3, -0.25) is 4.79 Å². The van der Waals surface area contributed by atoms with Crippen LogP contribution in [0, 0.1) is 0 Å². The molecule has 0 aromatic heterocycles. The zero-order valence-electron chi connectivity index (χ0n) is 11.7. The smallest absolute Gasteiger partial charge is 0.155 e. The summed E-state index contributed by atoms with van der Waals surface area (Å²) in [6.45, 7) is 11.4. The Hall–Kier alpha value is -1.37. The Kier molecular flexibility index (Phi) is 15.5. The summed E-state index contributed by atoms with van der Waals surface area (Å²) in [4.78, 5) is 10.9. The van der Waals surface area contributed by atoms with Gasteiger partial charge in [0.25, 0.3) is 0 Å². The van der Waals surface area contributed by atoms with Gasteiger partial charge in [-0.05, 0) is 24.5 Å². The molecule has 17 heavy (non-hydrogen) atoms. The number of hydrogen-bond donors (Lipinski definition) is 0. The number of allylic oxidation sites excluding steroid dienone is 1. The van der Waals surface area contributed by atoms with Gasteiger partial charge in [0, 0.05) is 6.42 Å². The molecular weight excluding hydrogens is 208 g/mol. The molecular formula is C16H26O. The summed E-state index contributed by atoms with van der Waals surface area (Å²) in [5.41, 5.74) is 1.29. The third kappa shape index (κ3) is 10.9. The molecule has 0 aliphatic heterocycles. The van der Waals surface area contributed by atoms with E-state index in [1.165, 1.54) is 11.6 Å². The van der Waals surface area contributed by atoms with Crippen LogP contribution in [-0.2, 0) is 11.2 Å². The Labute approximate surface area is 107 Å². The van der Waals surface area contributed by atoms with Crippen molar-refractivity contribution in [2.24, 2.45) is 0 Å². The van der Waals surface area contributed by atoms with Crippen LogP contribution in [0.5, 0.6) is 0 Å². The fraction of sp³-hybridized carbons (Fsp3) is 0.438. The molecule has 1 rings (SSSR count). The van der Waals surface area contributed by atoms with Crippen LogP contribution in [0.4, 0.5) is 0 Å². The monoisotopic (exact) mass is 234 g/mol. The Balaban J connectivity index is 0. The maximum Gasteiger partial charge on any atom is 0.155 e. The maximum absolute atomic E-state index is 10.9. The van der Waals surface area contributed by atoms with Crippen molar-refractivity contribution in [1.29, 1.82) is 0 Å². The van der Waals surface area contributed by atoms with Crippen molar-refractivity contribution in [3.63, 3.8) is 0 Å². The number of hydrogen-bond acceptors (Lipinski definition) is 1. The van der Waals surface area contributed by atoms with Crippen molar-refractivity contribution in [3.8, 4) is 0 Å². The normalized spacial score (nSPS) is 8.00. The largest absolute Gasteiger partial charge is 0.295 e. The van der Waals surface area contributed by atoms with Crippen molar-refractivity contribution in [3.05, 3.63) is 48.6 Å². The van der Waals surface area contributed by atoms with Gasteiger partial charge >= 0.3 is 0 Å². The number of aryl methyl sites for hydroxylation is 1. The maximum atomic E-state index is 10.9. The van der Waals surface area contributed by atoms with Crippen LogP contribution < -0.4 is 0 Å². The van der Waals surface area contributed by atoms with E-state index in [0.29, 0.717) is 6.42 Å². The van der Waals surface area contributed by atoms with Gasteiger partial charge in [-0.1, -0.05) is 64.6 Å². The van der Waals surface area contributed by atoms with Gasteiger partial charge < -0.3 is 0 Å². The van der Waals surface area contributed by atoms with Crippen molar-refractivity contribution in [2.45, 2.75) is 47.0 Å². The minimum absolute atomic E-state index is 0.135. The molecule has 0 fully saturated rings. The molecule has 0 unspecified atom stereocenters. The third-order valence-electron chi connectivity index (χ3n) is 1.96. The van der Waals surface area contributed by atoms with Crippen molar-refractivity contribution >= 4 is 5.78 Å². The molecule has 0 bridgehead atoms. The first-order chi connectivity index (χ1) is 8.33. The summed E-state index contributed by atoms with van der Waals surface area (Å²) < 4.78 is 0. The standard InChI is InChI=1S/C12H14O.2C2H6/c1-2-12(13)10-6-9-11-7-4-3-5-8-11;2*1-2/h2-5,7-8H,1,6,9-10H2;2*1-2H3. The van der Waals surface area contributed by atoms with E-state index in [4.69, 9.17) is 0 Å². The van der Waals surface area contributed by atoms with Crippen molar-refractivity contribution in [1.82, 2.24) is 0 Å². The highest BCUT2D eigenvalue weighted by molar-refractivity contribution is 5.88. The zero-order valence-corrected chi connectivity index (χ0v) is 11.7. The SMILES string of the molecule is C=CC(=O)CCCc1ccccc1.CC.CC. The van der Waals surface area contributed by atoms with Crippen LogP contribution >= 0.6 is 0 Å². The fourth-order valence-corrected chi connectivity index (χ4v) is 1.21. The van der Waals surface area contributed by atoms with Crippen molar-refractivity contribution in [2.75, 3.05) is 0 Å². The van der Waals surface area contributed by atoms with Crippen molar-refractivity contribution < 1.29 is 4.79 Å². The molecule has 0 radical (unpaired) electrons. The predicted octanol–water partition coefficient (Wildman–Crippen LogP) is 4.82. The van der Waals surface area contributed by atoms with Crippen LogP contribution in [0.3, 0.4) is 0 Å². The molecule has 0 N–H and O–H groups in total. The van der Waals surface area contributed by atoms with Crippen LogP contribution in [0.15, 0.2) is 43.0 Å². The summed E-state index contributed by atoms with van der Waals surface area (Å²) in [7, 11) is 0. The van der Waals surface area contributed by atoms with Crippen LogP contribution in [-0.4, -0.2) is 5.78 Å². The molecule has 0 saturated carbocycles. The van der Waals surface area contributed by atoms with Gasteiger partial charge in [0.2, 0.25) is 0 Å².